The van der Waals surface area contributed by atoms with Crippen molar-refractivity contribution in [1.82, 2.24) is 4.90 Å². The molecule has 2 aromatic rings. The summed E-state index contributed by atoms with van der Waals surface area (Å²) in [5.74, 6) is -0.174. The maximum Gasteiger partial charge on any atom is 0.255 e. The summed E-state index contributed by atoms with van der Waals surface area (Å²) in [4.78, 5) is 15.1. The minimum atomic E-state index is -0.207. The number of benzene rings is 1. The van der Waals surface area contributed by atoms with E-state index in [-0.39, 0.29) is 17.7 Å². The third kappa shape index (κ3) is 2.91. The van der Waals surface area contributed by atoms with Gasteiger partial charge in [-0.25, -0.2) is 0 Å². The van der Waals surface area contributed by atoms with Crippen LogP contribution in [-0.4, -0.2) is 23.0 Å². The molecule has 0 saturated heterocycles. The first-order valence-corrected chi connectivity index (χ1v) is 7.05. The van der Waals surface area contributed by atoms with E-state index in [0.717, 1.165) is 4.88 Å². The number of carbonyl (C=O) groups excluding carboxylic acids is 1. The van der Waals surface area contributed by atoms with Crippen molar-refractivity contribution in [2.45, 2.75) is 13.0 Å². The average Bonchev–Trinajstić information content (AvgIpc) is 2.93. The summed E-state index contributed by atoms with van der Waals surface area (Å²) in [6, 6.07) is 8.28. The van der Waals surface area contributed by atoms with E-state index in [1.54, 1.807) is 23.3 Å². The van der Waals surface area contributed by atoms with Crippen molar-refractivity contribution in [2.24, 2.45) is 0 Å². The fourth-order valence-electron chi connectivity index (χ4n) is 1.76. The zero-order chi connectivity index (χ0) is 14.0. The van der Waals surface area contributed by atoms with Gasteiger partial charge in [0.05, 0.1) is 16.6 Å². The molecule has 0 spiro atoms. The molecule has 0 bridgehead atoms. The lowest BCUT2D eigenvalue weighted by molar-refractivity contribution is 0.0744. The second kappa shape index (κ2) is 5.63. The number of phenols is 1. The fourth-order valence-corrected chi connectivity index (χ4v) is 2.79. The van der Waals surface area contributed by atoms with Crippen molar-refractivity contribution in [3.63, 3.8) is 0 Å². The van der Waals surface area contributed by atoms with Crippen molar-refractivity contribution >= 4 is 28.8 Å². The zero-order valence-electron chi connectivity index (χ0n) is 10.6. The molecule has 100 valence electrons. The van der Waals surface area contributed by atoms with Gasteiger partial charge in [-0.2, -0.15) is 0 Å². The van der Waals surface area contributed by atoms with Crippen LogP contribution < -0.4 is 0 Å². The Bertz CT molecular complexity index is 583. The van der Waals surface area contributed by atoms with Gasteiger partial charge in [-0.15, -0.1) is 11.3 Å². The molecule has 0 saturated carbocycles. The lowest BCUT2D eigenvalue weighted by Crippen LogP contribution is -2.29. The van der Waals surface area contributed by atoms with Crippen LogP contribution in [0.4, 0.5) is 0 Å². The zero-order valence-corrected chi connectivity index (χ0v) is 12.2. The van der Waals surface area contributed by atoms with E-state index in [0.29, 0.717) is 10.6 Å². The molecule has 1 unspecified atom stereocenters. The number of carbonyl (C=O) groups is 1. The van der Waals surface area contributed by atoms with Crippen LogP contribution in [0.2, 0.25) is 5.02 Å². The summed E-state index contributed by atoms with van der Waals surface area (Å²) in [6.45, 7) is 1.96. The number of phenolic OH excluding ortho intramolecular Hbond substituents is 1. The smallest absolute Gasteiger partial charge is 0.255 e. The first-order chi connectivity index (χ1) is 9.00. The van der Waals surface area contributed by atoms with E-state index < -0.39 is 0 Å². The summed E-state index contributed by atoms with van der Waals surface area (Å²) >= 11 is 7.61. The number of thiophene rings is 1. The van der Waals surface area contributed by atoms with Gasteiger partial charge >= 0.3 is 0 Å². The van der Waals surface area contributed by atoms with Gasteiger partial charge in [-0.3, -0.25) is 4.79 Å². The molecular weight excluding hydrogens is 282 g/mol. The highest BCUT2D eigenvalue weighted by Gasteiger charge is 2.21. The molecule has 1 amide bonds. The number of rotatable bonds is 3. The van der Waals surface area contributed by atoms with E-state index in [9.17, 15) is 9.90 Å². The Labute approximate surface area is 121 Å². The number of hydrogen-bond donors (Lipinski definition) is 1. The Morgan fingerprint density at radius 3 is 2.79 bits per heavy atom. The number of aromatic hydroxyl groups is 1. The van der Waals surface area contributed by atoms with Crippen LogP contribution in [0.3, 0.4) is 0 Å². The molecule has 1 atom stereocenters. The van der Waals surface area contributed by atoms with Gasteiger partial charge in [-0.05, 0) is 36.6 Å². The van der Waals surface area contributed by atoms with Crippen LogP contribution in [0.15, 0.2) is 35.7 Å². The summed E-state index contributed by atoms with van der Waals surface area (Å²) in [5.41, 5.74) is 0.313. The molecule has 2 rings (SSSR count). The van der Waals surface area contributed by atoms with Gasteiger partial charge in [0.25, 0.3) is 5.91 Å². The van der Waals surface area contributed by atoms with E-state index in [1.165, 1.54) is 18.2 Å². The number of amides is 1. The molecule has 0 aliphatic rings. The molecular formula is C14H14ClNO2S. The van der Waals surface area contributed by atoms with E-state index in [2.05, 4.69) is 0 Å². The van der Waals surface area contributed by atoms with E-state index >= 15 is 0 Å². The predicted molar refractivity (Wildman–Crippen MR) is 77.9 cm³/mol. The molecule has 5 heteroatoms. The van der Waals surface area contributed by atoms with Crippen LogP contribution >= 0.6 is 22.9 Å². The van der Waals surface area contributed by atoms with Crippen LogP contribution in [0.25, 0.3) is 0 Å². The van der Waals surface area contributed by atoms with Crippen molar-refractivity contribution in [2.75, 3.05) is 7.05 Å². The number of hydrogen-bond acceptors (Lipinski definition) is 3. The summed E-state index contributed by atoms with van der Waals surface area (Å²) in [7, 11) is 1.73. The molecule has 19 heavy (non-hydrogen) atoms. The standard InChI is InChI=1S/C14H14ClNO2S/c1-9(13-4-3-7-19-13)16(2)14(18)11-8-10(17)5-6-12(11)15/h3-9,17H,1-2H3. The molecule has 3 nitrogen and oxygen atoms in total. The van der Waals surface area contributed by atoms with Crippen molar-refractivity contribution < 1.29 is 9.90 Å². The maximum absolute atomic E-state index is 12.4. The molecule has 0 fully saturated rings. The first kappa shape index (κ1) is 13.9. The van der Waals surface area contributed by atoms with Crippen molar-refractivity contribution in [3.8, 4) is 5.75 Å². The van der Waals surface area contributed by atoms with E-state index in [4.69, 9.17) is 11.6 Å². The van der Waals surface area contributed by atoms with Gasteiger partial charge in [0.15, 0.2) is 0 Å². The molecule has 1 aromatic carbocycles. The van der Waals surface area contributed by atoms with Gasteiger partial charge in [-0.1, -0.05) is 17.7 Å². The summed E-state index contributed by atoms with van der Waals surface area (Å²) in [6.07, 6.45) is 0. The van der Waals surface area contributed by atoms with Crippen LogP contribution in [0, 0.1) is 0 Å². The minimum absolute atomic E-state index is 0.0323. The van der Waals surface area contributed by atoms with Crippen molar-refractivity contribution in [3.05, 3.63) is 51.2 Å². The lowest BCUT2D eigenvalue weighted by atomic mass is 10.1. The molecule has 1 aromatic heterocycles. The normalized spacial score (nSPS) is 12.2. The van der Waals surface area contributed by atoms with Gasteiger partial charge in [0, 0.05) is 11.9 Å². The summed E-state index contributed by atoms with van der Waals surface area (Å²) < 4.78 is 0. The summed E-state index contributed by atoms with van der Waals surface area (Å²) in [5, 5.41) is 11.8. The van der Waals surface area contributed by atoms with Gasteiger partial charge < -0.3 is 10.0 Å². The highest BCUT2D eigenvalue weighted by molar-refractivity contribution is 7.10. The quantitative estimate of drug-likeness (QED) is 0.932. The monoisotopic (exact) mass is 295 g/mol. The highest BCUT2D eigenvalue weighted by Crippen LogP contribution is 2.28. The van der Waals surface area contributed by atoms with Crippen molar-refractivity contribution in [1.29, 1.82) is 0 Å². The molecule has 1 heterocycles. The molecule has 0 aliphatic heterocycles. The average molecular weight is 296 g/mol. The Morgan fingerprint density at radius 1 is 1.42 bits per heavy atom. The highest BCUT2D eigenvalue weighted by atomic mass is 35.5. The molecule has 1 N–H and O–H groups in total. The van der Waals surface area contributed by atoms with Crippen LogP contribution in [0.5, 0.6) is 5.75 Å². The molecule has 0 aliphatic carbocycles. The van der Waals surface area contributed by atoms with Crippen LogP contribution in [-0.2, 0) is 0 Å². The second-order valence-electron chi connectivity index (χ2n) is 4.27. The fraction of sp³-hybridized carbons (Fsp3) is 0.214. The Hall–Kier alpha value is -1.52. The van der Waals surface area contributed by atoms with Crippen LogP contribution in [0.1, 0.15) is 28.2 Å². The SMILES string of the molecule is CC(c1cccs1)N(C)C(=O)c1cc(O)ccc1Cl. The first-order valence-electron chi connectivity index (χ1n) is 5.79. The van der Waals surface area contributed by atoms with Gasteiger partial charge in [0.1, 0.15) is 5.75 Å². The molecule has 0 radical (unpaired) electrons. The van der Waals surface area contributed by atoms with E-state index in [1.807, 2.05) is 24.4 Å². The third-order valence-electron chi connectivity index (χ3n) is 3.04. The minimum Gasteiger partial charge on any atom is -0.508 e. The topological polar surface area (TPSA) is 40.5 Å². The predicted octanol–water partition coefficient (Wildman–Crippen LogP) is 3.94. The Balaban J connectivity index is 2.26. The largest absolute Gasteiger partial charge is 0.508 e. The number of nitrogens with zero attached hydrogens (tertiary/aromatic N) is 1. The lowest BCUT2D eigenvalue weighted by Gasteiger charge is -2.24. The Kier molecular flexibility index (Phi) is 4.12. The second-order valence-corrected chi connectivity index (χ2v) is 5.66. The number of halogens is 1. The van der Waals surface area contributed by atoms with Gasteiger partial charge in [0.2, 0.25) is 0 Å². The maximum atomic E-state index is 12.4. The third-order valence-corrected chi connectivity index (χ3v) is 4.41. The Morgan fingerprint density at radius 2 is 2.16 bits per heavy atom.